The molecule has 43 heavy (non-hydrogen) atoms. The number of likely N-dealkylation sites (tertiary alicyclic amines) is 1. The lowest BCUT2D eigenvalue weighted by atomic mass is 9.78. The first-order valence-corrected chi connectivity index (χ1v) is 14.4. The molecule has 3 N–H and O–H groups in total. The summed E-state index contributed by atoms with van der Waals surface area (Å²) in [6.45, 7) is 7.89. The number of nitrogens with zero attached hydrogens (tertiary/aromatic N) is 2. The molecule has 1 aliphatic heterocycles. The second-order valence-electron chi connectivity index (χ2n) is 12.9. The summed E-state index contributed by atoms with van der Waals surface area (Å²) in [5.74, 6) is -3.05. The summed E-state index contributed by atoms with van der Waals surface area (Å²) in [7, 11) is 0. The number of carbonyl (C=O) groups excluding carboxylic acids is 2. The molecule has 230 valence electrons. The van der Waals surface area contributed by atoms with Crippen LogP contribution in [-0.2, 0) is 10.3 Å². The van der Waals surface area contributed by atoms with Gasteiger partial charge in [0.1, 0.15) is 17.5 Å². The monoisotopic (exact) mass is 598 g/mol. The summed E-state index contributed by atoms with van der Waals surface area (Å²) in [6, 6.07) is 9.18. The summed E-state index contributed by atoms with van der Waals surface area (Å²) in [5.41, 5.74) is -1.62. The third-order valence-corrected chi connectivity index (χ3v) is 8.62. The third-order valence-electron chi connectivity index (χ3n) is 8.62. The molecule has 11 heteroatoms. The molecule has 0 atom stereocenters. The molecule has 2 amide bonds. The topological polar surface area (TPSA) is 108 Å². The van der Waals surface area contributed by atoms with Gasteiger partial charge in [-0.3, -0.25) is 14.5 Å². The van der Waals surface area contributed by atoms with E-state index in [1.807, 2.05) is 13.8 Å². The summed E-state index contributed by atoms with van der Waals surface area (Å²) in [6.07, 6.45) is 2.82. The Hall–Kier alpha value is -3.70. The standard InChI is InChI=1S/C32H37F3N4O4/c1-19-5-8-24(34)23(13-19)30(2,3)36-28(40)16-32(17-39(18-32)21-9-11-31(4,42)12-10-21)37-29(41)26-15-27(43-38-26)22-7-6-20(33)14-25(22)35/h5-8,13-15,21,42H,9-12,16-18H2,1-4H3,(H,36,40)(H,37,41). The van der Waals surface area contributed by atoms with Crippen molar-refractivity contribution < 1.29 is 32.4 Å². The first-order valence-electron chi connectivity index (χ1n) is 14.4. The van der Waals surface area contributed by atoms with Crippen molar-refractivity contribution in [1.82, 2.24) is 20.7 Å². The van der Waals surface area contributed by atoms with E-state index in [-0.39, 0.29) is 35.4 Å². The summed E-state index contributed by atoms with van der Waals surface area (Å²) < 4.78 is 47.5. The minimum Gasteiger partial charge on any atom is -0.390 e. The molecule has 2 aliphatic rings. The highest BCUT2D eigenvalue weighted by Crippen LogP contribution is 2.37. The molecule has 2 heterocycles. The molecular formula is C32H37F3N4O4. The van der Waals surface area contributed by atoms with Gasteiger partial charge < -0.3 is 20.3 Å². The lowest BCUT2D eigenvalue weighted by molar-refractivity contribution is -0.127. The van der Waals surface area contributed by atoms with E-state index in [4.69, 9.17) is 4.52 Å². The van der Waals surface area contributed by atoms with Crippen molar-refractivity contribution in [3.63, 3.8) is 0 Å². The van der Waals surface area contributed by atoms with Gasteiger partial charge in [0.2, 0.25) is 5.91 Å². The van der Waals surface area contributed by atoms with Crippen LogP contribution in [0.2, 0.25) is 0 Å². The van der Waals surface area contributed by atoms with Gasteiger partial charge in [-0.15, -0.1) is 0 Å². The Morgan fingerprint density at radius 1 is 1.07 bits per heavy atom. The van der Waals surface area contributed by atoms with Crippen molar-refractivity contribution in [1.29, 1.82) is 0 Å². The third kappa shape index (κ3) is 6.78. The molecule has 8 nitrogen and oxygen atoms in total. The lowest BCUT2D eigenvalue weighted by Crippen LogP contribution is -2.73. The molecular weight excluding hydrogens is 561 g/mol. The highest BCUT2D eigenvalue weighted by molar-refractivity contribution is 5.94. The van der Waals surface area contributed by atoms with Crippen LogP contribution in [-0.4, -0.2) is 57.2 Å². The van der Waals surface area contributed by atoms with E-state index in [1.165, 1.54) is 18.2 Å². The van der Waals surface area contributed by atoms with E-state index in [2.05, 4.69) is 20.7 Å². The lowest BCUT2D eigenvalue weighted by Gasteiger charge is -2.54. The van der Waals surface area contributed by atoms with E-state index < -0.39 is 40.0 Å². The van der Waals surface area contributed by atoms with E-state index in [0.717, 1.165) is 24.5 Å². The normalized spacial score (nSPS) is 22.1. The Morgan fingerprint density at radius 3 is 2.44 bits per heavy atom. The summed E-state index contributed by atoms with van der Waals surface area (Å²) in [5, 5.41) is 20.0. The Balaban J connectivity index is 1.33. The van der Waals surface area contributed by atoms with Crippen molar-refractivity contribution in [2.45, 2.75) is 82.5 Å². The number of aryl methyl sites for hydroxylation is 1. The smallest absolute Gasteiger partial charge is 0.274 e. The number of amides is 2. The van der Waals surface area contributed by atoms with Gasteiger partial charge in [-0.2, -0.15) is 0 Å². The van der Waals surface area contributed by atoms with Crippen LogP contribution in [0.1, 0.15) is 74.5 Å². The fourth-order valence-electron chi connectivity index (χ4n) is 6.20. The molecule has 0 radical (unpaired) electrons. The number of hydrogen-bond acceptors (Lipinski definition) is 6. The Labute approximate surface area is 248 Å². The fraction of sp³-hybridized carbons (Fsp3) is 0.469. The van der Waals surface area contributed by atoms with Crippen molar-refractivity contribution in [2.24, 2.45) is 0 Å². The fourth-order valence-corrected chi connectivity index (χ4v) is 6.20. The van der Waals surface area contributed by atoms with Crippen LogP contribution >= 0.6 is 0 Å². The van der Waals surface area contributed by atoms with Crippen molar-refractivity contribution >= 4 is 11.8 Å². The van der Waals surface area contributed by atoms with Crippen LogP contribution in [0.25, 0.3) is 11.3 Å². The van der Waals surface area contributed by atoms with Crippen LogP contribution in [0.5, 0.6) is 0 Å². The molecule has 1 saturated heterocycles. The molecule has 1 aliphatic carbocycles. The highest BCUT2D eigenvalue weighted by atomic mass is 19.1. The zero-order valence-corrected chi connectivity index (χ0v) is 24.8. The van der Waals surface area contributed by atoms with E-state index in [9.17, 15) is 27.9 Å². The molecule has 0 spiro atoms. The number of rotatable bonds is 8. The molecule has 5 rings (SSSR count). The van der Waals surface area contributed by atoms with Crippen molar-refractivity contribution in [3.8, 4) is 11.3 Å². The van der Waals surface area contributed by atoms with Gasteiger partial charge in [0, 0.05) is 36.8 Å². The van der Waals surface area contributed by atoms with Crippen molar-refractivity contribution in [3.05, 3.63) is 76.7 Å². The van der Waals surface area contributed by atoms with Crippen LogP contribution in [0.4, 0.5) is 13.2 Å². The number of benzene rings is 2. The van der Waals surface area contributed by atoms with Gasteiger partial charge in [0.05, 0.1) is 28.7 Å². The van der Waals surface area contributed by atoms with Gasteiger partial charge >= 0.3 is 0 Å². The molecule has 1 saturated carbocycles. The predicted molar refractivity (Wildman–Crippen MR) is 153 cm³/mol. The number of carbonyl (C=O) groups is 2. The zero-order chi connectivity index (χ0) is 31.2. The second kappa shape index (κ2) is 11.4. The van der Waals surface area contributed by atoms with Gasteiger partial charge in [0.25, 0.3) is 5.91 Å². The van der Waals surface area contributed by atoms with E-state index >= 15 is 0 Å². The SMILES string of the molecule is Cc1ccc(F)c(C(C)(C)NC(=O)CC2(NC(=O)c3cc(-c4ccc(F)cc4F)on3)CN(C3CCC(C)(O)CC3)C2)c1. The summed E-state index contributed by atoms with van der Waals surface area (Å²) >= 11 is 0. The maximum atomic E-state index is 14.7. The first-order chi connectivity index (χ1) is 20.2. The molecule has 3 aromatic rings. The quantitative estimate of drug-likeness (QED) is 0.338. The average Bonchev–Trinajstić information content (AvgIpc) is 3.38. The van der Waals surface area contributed by atoms with E-state index in [0.29, 0.717) is 37.6 Å². The minimum atomic E-state index is -1.02. The second-order valence-corrected chi connectivity index (χ2v) is 12.9. The van der Waals surface area contributed by atoms with E-state index in [1.54, 1.807) is 26.0 Å². The Kier molecular flexibility index (Phi) is 8.17. The molecule has 1 aromatic heterocycles. The first kappa shape index (κ1) is 30.7. The molecule has 2 fully saturated rings. The number of nitrogens with one attached hydrogen (secondary N) is 2. The van der Waals surface area contributed by atoms with Gasteiger partial charge in [-0.1, -0.05) is 22.9 Å². The average molecular weight is 599 g/mol. The number of aromatic nitrogens is 1. The predicted octanol–water partition coefficient (Wildman–Crippen LogP) is 4.99. The van der Waals surface area contributed by atoms with Gasteiger partial charge in [-0.05, 0) is 71.6 Å². The van der Waals surface area contributed by atoms with Gasteiger partial charge in [-0.25, -0.2) is 13.2 Å². The van der Waals surface area contributed by atoms with Crippen LogP contribution in [0.15, 0.2) is 47.0 Å². The zero-order valence-electron chi connectivity index (χ0n) is 24.8. The highest BCUT2D eigenvalue weighted by Gasteiger charge is 2.49. The van der Waals surface area contributed by atoms with Crippen LogP contribution in [0.3, 0.4) is 0 Å². The van der Waals surface area contributed by atoms with Crippen LogP contribution < -0.4 is 10.6 Å². The molecule has 2 aromatic carbocycles. The number of halogens is 3. The summed E-state index contributed by atoms with van der Waals surface area (Å²) in [4.78, 5) is 29.0. The molecule has 0 unspecified atom stereocenters. The number of hydrogen-bond donors (Lipinski definition) is 3. The Morgan fingerprint density at radius 2 is 1.77 bits per heavy atom. The Bertz CT molecular complexity index is 1520. The van der Waals surface area contributed by atoms with Gasteiger partial charge in [0.15, 0.2) is 11.5 Å². The molecule has 0 bridgehead atoms. The maximum absolute atomic E-state index is 14.7. The number of aliphatic hydroxyl groups is 1. The van der Waals surface area contributed by atoms with Crippen LogP contribution in [0, 0.1) is 24.4 Å². The minimum absolute atomic E-state index is 0.0409. The van der Waals surface area contributed by atoms with Crippen molar-refractivity contribution in [2.75, 3.05) is 13.1 Å². The maximum Gasteiger partial charge on any atom is 0.274 e. The largest absolute Gasteiger partial charge is 0.390 e.